The molecule has 1 N–H and O–H groups in total. The second kappa shape index (κ2) is 7.95. The Morgan fingerprint density at radius 3 is 2.42 bits per heavy atom. The van der Waals surface area contributed by atoms with Crippen molar-refractivity contribution in [2.24, 2.45) is 0 Å². The van der Waals surface area contributed by atoms with Gasteiger partial charge in [0.2, 0.25) is 0 Å². The van der Waals surface area contributed by atoms with E-state index < -0.39 is 11.6 Å². The lowest BCUT2D eigenvalue weighted by atomic mass is 9.78. The summed E-state index contributed by atoms with van der Waals surface area (Å²) in [6.07, 6.45) is 1.76. The van der Waals surface area contributed by atoms with Gasteiger partial charge >= 0.3 is 6.03 Å². The van der Waals surface area contributed by atoms with Crippen molar-refractivity contribution in [1.29, 1.82) is 0 Å². The maximum Gasteiger partial charge on any atom is 0.325 e. The van der Waals surface area contributed by atoms with Gasteiger partial charge in [0.15, 0.2) is 5.78 Å². The lowest BCUT2D eigenvalue weighted by molar-refractivity contribution is -0.131. The first-order chi connectivity index (χ1) is 14.7. The summed E-state index contributed by atoms with van der Waals surface area (Å²) in [5, 5.41) is 2.91. The number of nitrogens with one attached hydrogen (secondary N) is 1. The summed E-state index contributed by atoms with van der Waals surface area (Å²) in [7, 11) is 0. The zero-order chi connectivity index (χ0) is 22.3. The maximum absolute atomic E-state index is 13.3. The molecule has 0 saturated carbocycles. The van der Waals surface area contributed by atoms with Gasteiger partial charge in [-0.15, -0.1) is 0 Å². The number of hydrogen-bond donors (Lipinski definition) is 1. The molecule has 0 aromatic heterocycles. The third-order valence-corrected chi connectivity index (χ3v) is 6.64. The highest BCUT2D eigenvalue weighted by molar-refractivity contribution is 6.11. The summed E-state index contributed by atoms with van der Waals surface area (Å²) < 4.78 is 0. The number of imide groups is 1. The molecule has 2 aliphatic rings. The third kappa shape index (κ3) is 3.78. The first-order valence-electron chi connectivity index (χ1n) is 11.1. The predicted octanol–water partition coefficient (Wildman–Crippen LogP) is 4.60. The molecule has 1 aliphatic carbocycles. The Kier molecular flexibility index (Phi) is 5.46. The average molecular weight is 419 g/mol. The minimum absolute atomic E-state index is 0.168. The van der Waals surface area contributed by atoms with E-state index in [0.29, 0.717) is 24.3 Å². The van der Waals surface area contributed by atoms with Gasteiger partial charge in [-0.25, -0.2) is 4.79 Å². The van der Waals surface area contributed by atoms with Crippen molar-refractivity contribution in [3.05, 3.63) is 70.3 Å². The van der Waals surface area contributed by atoms with Crippen molar-refractivity contribution >= 4 is 17.7 Å². The van der Waals surface area contributed by atoms with E-state index in [9.17, 15) is 14.4 Å². The van der Waals surface area contributed by atoms with E-state index in [0.717, 1.165) is 22.4 Å². The maximum atomic E-state index is 13.3. The van der Waals surface area contributed by atoms with Crippen LogP contribution in [0.2, 0.25) is 0 Å². The summed E-state index contributed by atoms with van der Waals surface area (Å²) >= 11 is 0. The molecule has 3 amide bonds. The van der Waals surface area contributed by atoms with Crippen molar-refractivity contribution in [2.45, 2.75) is 64.3 Å². The largest absolute Gasteiger partial charge is 0.325 e. The number of urea groups is 1. The summed E-state index contributed by atoms with van der Waals surface area (Å²) in [4.78, 5) is 40.4. The fourth-order valence-corrected chi connectivity index (χ4v) is 4.75. The van der Waals surface area contributed by atoms with Gasteiger partial charge in [0, 0.05) is 12.0 Å². The van der Waals surface area contributed by atoms with Crippen LogP contribution < -0.4 is 5.32 Å². The highest BCUT2D eigenvalue weighted by Gasteiger charge is 2.52. The van der Waals surface area contributed by atoms with E-state index in [4.69, 9.17) is 0 Å². The van der Waals surface area contributed by atoms with Crippen molar-refractivity contribution in [1.82, 2.24) is 10.2 Å². The van der Waals surface area contributed by atoms with Gasteiger partial charge in [-0.2, -0.15) is 0 Å². The van der Waals surface area contributed by atoms with E-state index in [1.807, 2.05) is 30.3 Å². The van der Waals surface area contributed by atoms with E-state index in [1.54, 1.807) is 0 Å². The zero-order valence-electron chi connectivity index (χ0n) is 18.7. The first kappa shape index (κ1) is 21.3. The lowest BCUT2D eigenvalue weighted by Gasteiger charge is -2.32. The summed E-state index contributed by atoms with van der Waals surface area (Å²) in [5.74, 6) is 0.0459. The highest BCUT2D eigenvalue weighted by Crippen LogP contribution is 2.34. The van der Waals surface area contributed by atoms with Crippen molar-refractivity contribution < 1.29 is 14.4 Å². The van der Waals surface area contributed by atoms with Gasteiger partial charge in [-0.05, 0) is 46.9 Å². The Morgan fingerprint density at radius 2 is 1.74 bits per heavy atom. The standard InChI is InChI=1S/C26H30N2O3/c1-16(2)19-9-10-21(22(13-19)17(3)4)23(29)15-28-24(30)26(27-25(28)31)12-11-18-7-5-6-8-20(18)14-26/h5-10,13,16-17H,11-12,14-15H2,1-4H3,(H,27,31). The number of ketones is 1. The minimum atomic E-state index is -0.936. The summed E-state index contributed by atoms with van der Waals surface area (Å²) in [6.45, 7) is 8.12. The molecule has 5 heteroatoms. The average Bonchev–Trinajstić information content (AvgIpc) is 2.96. The number of nitrogens with zero attached hydrogens (tertiary/aromatic N) is 1. The van der Waals surface area contributed by atoms with Gasteiger partial charge < -0.3 is 5.32 Å². The Bertz CT molecular complexity index is 1060. The minimum Gasteiger partial charge on any atom is -0.323 e. The van der Waals surface area contributed by atoms with E-state index in [1.165, 1.54) is 11.1 Å². The molecule has 1 atom stereocenters. The molecule has 2 aromatic carbocycles. The smallest absolute Gasteiger partial charge is 0.323 e. The second-order valence-corrected chi connectivity index (χ2v) is 9.43. The predicted molar refractivity (Wildman–Crippen MR) is 120 cm³/mol. The SMILES string of the molecule is CC(C)c1ccc(C(=O)CN2C(=O)NC3(CCc4ccccc4C3)C2=O)c(C(C)C)c1. The van der Waals surface area contributed by atoms with Crippen LogP contribution in [0.3, 0.4) is 0 Å². The molecule has 0 radical (unpaired) electrons. The normalized spacial score (nSPS) is 20.5. The number of amides is 3. The highest BCUT2D eigenvalue weighted by atomic mass is 16.2. The molecule has 162 valence electrons. The molecule has 4 rings (SSSR count). The van der Waals surface area contributed by atoms with Crippen LogP contribution in [0.5, 0.6) is 0 Å². The monoisotopic (exact) mass is 418 g/mol. The summed E-state index contributed by atoms with van der Waals surface area (Å²) in [6, 6.07) is 13.4. The number of benzene rings is 2. The Labute approximate surface area is 183 Å². The number of carbonyl (C=O) groups is 3. The van der Waals surface area contributed by atoms with Gasteiger partial charge in [0.05, 0.1) is 6.54 Å². The van der Waals surface area contributed by atoms with Crippen LogP contribution >= 0.6 is 0 Å². The molecular weight excluding hydrogens is 388 g/mol. The Balaban J connectivity index is 1.57. The van der Waals surface area contributed by atoms with Gasteiger partial charge in [-0.3, -0.25) is 14.5 Å². The third-order valence-electron chi connectivity index (χ3n) is 6.64. The molecular formula is C26H30N2O3. The molecule has 31 heavy (non-hydrogen) atoms. The van der Waals surface area contributed by atoms with Gasteiger partial charge in [0.25, 0.3) is 5.91 Å². The van der Waals surface area contributed by atoms with Crippen LogP contribution in [-0.4, -0.2) is 34.7 Å². The van der Waals surface area contributed by atoms with Crippen LogP contribution in [0.25, 0.3) is 0 Å². The molecule has 1 saturated heterocycles. The van der Waals surface area contributed by atoms with Crippen LogP contribution in [0.1, 0.15) is 78.6 Å². The van der Waals surface area contributed by atoms with Crippen molar-refractivity contribution in [3.8, 4) is 0 Å². The van der Waals surface area contributed by atoms with Gasteiger partial charge in [-0.1, -0.05) is 70.2 Å². The number of aryl methyl sites for hydroxylation is 1. The molecule has 5 nitrogen and oxygen atoms in total. The van der Waals surface area contributed by atoms with Crippen LogP contribution in [0.15, 0.2) is 42.5 Å². The topological polar surface area (TPSA) is 66.5 Å². The molecule has 1 aliphatic heterocycles. The number of rotatable bonds is 5. The number of hydrogen-bond acceptors (Lipinski definition) is 3. The first-order valence-corrected chi connectivity index (χ1v) is 11.1. The van der Waals surface area contributed by atoms with Crippen LogP contribution in [0, 0.1) is 0 Å². The Morgan fingerprint density at radius 1 is 1.03 bits per heavy atom. The lowest BCUT2D eigenvalue weighted by Crippen LogP contribution is -2.51. The fourth-order valence-electron chi connectivity index (χ4n) is 4.75. The number of carbonyl (C=O) groups excluding carboxylic acids is 3. The van der Waals surface area contributed by atoms with Gasteiger partial charge in [0.1, 0.15) is 5.54 Å². The second-order valence-electron chi connectivity index (χ2n) is 9.43. The molecule has 1 unspecified atom stereocenters. The number of fused-ring (bicyclic) bond motifs is 1. The molecule has 1 fully saturated rings. The molecule has 2 aromatic rings. The summed E-state index contributed by atoms with van der Waals surface area (Å²) in [5.41, 5.74) is 4.10. The van der Waals surface area contributed by atoms with Crippen molar-refractivity contribution in [3.63, 3.8) is 0 Å². The fraction of sp³-hybridized carbons (Fsp3) is 0.423. The van der Waals surface area contributed by atoms with Crippen molar-refractivity contribution in [2.75, 3.05) is 6.54 Å². The van der Waals surface area contributed by atoms with Crippen LogP contribution in [0.4, 0.5) is 4.79 Å². The molecule has 1 heterocycles. The zero-order valence-corrected chi connectivity index (χ0v) is 18.7. The quantitative estimate of drug-likeness (QED) is 0.570. The number of Topliss-reactive ketones (excluding diaryl/α,β-unsaturated/α-hetero) is 1. The van der Waals surface area contributed by atoms with E-state index >= 15 is 0 Å². The molecule has 0 bridgehead atoms. The Hall–Kier alpha value is -2.95. The van der Waals surface area contributed by atoms with E-state index in [2.05, 4.69) is 45.1 Å². The molecule has 1 spiro atoms. The van der Waals surface area contributed by atoms with E-state index in [-0.39, 0.29) is 24.2 Å². The van der Waals surface area contributed by atoms with Crippen LogP contribution in [-0.2, 0) is 17.6 Å².